The number of thioether (sulfide) groups is 1. The van der Waals surface area contributed by atoms with Crippen molar-refractivity contribution < 1.29 is 9.53 Å². The minimum Gasteiger partial charge on any atom is -0.383 e. The number of nitrogens with zero attached hydrogens (tertiary/aromatic N) is 1. The summed E-state index contributed by atoms with van der Waals surface area (Å²) in [6.07, 6.45) is 0. The molecule has 2 atom stereocenters. The summed E-state index contributed by atoms with van der Waals surface area (Å²) in [5.41, 5.74) is 1.22. The fourth-order valence-electron chi connectivity index (χ4n) is 2.67. The Labute approximate surface area is 131 Å². The topological polar surface area (TPSA) is 41.6 Å². The van der Waals surface area contributed by atoms with Crippen LogP contribution in [0, 0.1) is 0 Å². The lowest BCUT2D eigenvalue weighted by Crippen LogP contribution is -2.47. The molecule has 2 rings (SSSR count). The number of amides is 1. The van der Waals surface area contributed by atoms with Gasteiger partial charge in [-0.1, -0.05) is 37.3 Å². The molecule has 1 aliphatic heterocycles. The van der Waals surface area contributed by atoms with Crippen LogP contribution in [0.2, 0.25) is 0 Å². The van der Waals surface area contributed by atoms with Gasteiger partial charge in [-0.25, -0.2) is 0 Å². The minimum atomic E-state index is 0.168. The zero-order chi connectivity index (χ0) is 15.1. The van der Waals surface area contributed by atoms with Gasteiger partial charge in [-0.2, -0.15) is 11.8 Å². The zero-order valence-corrected chi connectivity index (χ0v) is 13.6. The molecule has 2 unspecified atom stereocenters. The number of hydrogen-bond acceptors (Lipinski definition) is 4. The number of hydrogen-bond donors (Lipinski definition) is 1. The third-order valence-corrected chi connectivity index (χ3v) is 4.92. The van der Waals surface area contributed by atoms with Gasteiger partial charge in [-0.05, 0) is 5.56 Å². The third kappa shape index (κ3) is 4.46. The maximum Gasteiger partial charge on any atom is 0.237 e. The number of ether oxygens (including phenoxy) is 1. The molecule has 0 spiro atoms. The molecule has 1 fully saturated rings. The van der Waals surface area contributed by atoms with Crippen LogP contribution < -0.4 is 5.32 Å². The van der Waals surface area contributed by atoms with Crippen molar-refractivity contribution in [2.45, 2.75) is 18.2 Å². The lowest BCUT2D eigenvalue weighted by atomic mass is 10.0. The van der Waals surface area contributed by atoms with E-state index in [1.54, 1.807) is 7.11 Å². The van der Waals surface area contributed by atoms with Crippen LogP contribution in [0.25, 0.3) is 0 Å². The van der Waals surface area contributed by atoms with Crippen molar-refractivity contribution in [1.29, 1.82) is 0 Å². The molecule has 116 valence electrons. The summed E-state index contributed by atoms with van der Waals surface area (Å²) in [6, 6.07) is 10.5. The number of benzene rings is 1. The smallest absolute Gasteiger partial charge is 0.237 e. The Morgan fingerprint density at radius 2 is 2.19 bits per heavy atom. The second-order valence-electron chi connectivity index (χ2n) is 5.19. The molecule has 0 saturated carbocycles. The van der Waals surface area contributed by atoms with Crippen LogP contribution in [0.1, 0.15) is 18.5 Å². The van der Waals surface area contributed by atoms with E-state index < -0.39 is 0 Å². The summed E-state index contributed by atoms with van der Waals surface area (Å²) >= 11 is 1.94. The Bertz CT molecular complexity index is 441. The average Bonchev–Trinajstić information content (AvgIpc) is 2.52. The quantitative estimate of drug-likeness (QED) is 0.815. The van der Waals surface area contributed by atoms with Gasteiger partial charge in [0.25, 0.3) is 0 Å². The fraction of sp³-hybridized carbons (Fsp3) is 0.562. The molecule has 0 radical (unpaired) electrons. The molecule has 5 heteroatoms. The van der Waals surface area contributed by atoms with E-state index in [-0.39, 0.29) is 11.9 Å². The van der Waals surface area contributed by atoms with Gasteiger partial charge in [-0.15, -0.1) is 0 Å². The maximum atomic E-state index is 12.5. The maximum absolute atomic E-state index is 12.5. The third-order valence-electron chi connectivity index (χ3n) is 3.71. The van der Waals surface area contributed by atoms with Crippen molar-refractivity contribution >= 4 is 17.7 Å². The summed E-state index contributed by atoms with van der Waals surface area (Å²) in [6.45, 7) is 4.74. The lowest BCUT2D eigenvalue weighted by molar-refractivity contribution is -0.132. The Morgan fingerprint density at radius 1 is 1.43 bits per heavy atom. The van der Waals surface area contributed by atoms with Crippen molar-refractivity contribution in [3.05, 3.63) is 35.9 Å². The number of nitrogens with one attached hydrogen (secondary N) is 1. The van der Waals surface area contributed by atoms with Crippen LogP contribution in [0.15, 0.2) is 30.3 Å². The van der Waals surface area contributed by atoms with Crippen molar-refractivity contribution in [3.63, 3.8) is 0 Å². The van der Waals surface area contributed by atoms with Crippen LogP contribution in [0.3, 0.4) is 0 Å². The van der Waals surface area contributed by atoms with Gasteiger partial charge in [0.2, 0.25) is 5.91 Å². The lowest BCUT2D eigenvalue weighted by Gasteiger charge is -2.40. The highest BCUT2D eigenvalue weighted by molar-refractivity contribution is 8.00. The first-order valence-electron chi connectivity index (χ1n) is 7.39. The van der Waals surface area contributed by atoms with E-state index in [0.717, 1.165) is 12.3 Å². The van der Waals surface area contributed by atoms with Crippen LogP contribution >= 0.6 is 11.8 Å². The van der Waals surface area contributed by atoms with Gasteiger partial charge in [0, 0.05) is 31.2 Å². The van der Waals surface area contributed by atoms with Gasteiger partial charge in [-0.3, -0.25) is 4.79 Å². The van der Waals surface area contributed by atoms with Crippen molar-refractivity contribution in [3.8, 4) is 0 Å². The van der Waals surface area contributed by atoms with Crippen LogP contribution in [0.4, 0.5) is 0 Å². The molecular formula is C16H24N2O2S. The molecule has 1 aromatic carbocycles. The van der Waals surface area contributed by atoms with E-state index >= 15 is 0 Å². The molecule has 1 heterocycles. The summed E-state index contributed by atoms with van der Waals surface area (Å²) < 4.78 is 4.99. The van der Waals surface area contributed by atoms with Crippen molar-refractivity contribution in [2.75, 3.05) is 39.1 Å². The number of rotatable bonds is 6. The number of methoxy groups -OCH3 is 1. The SMILES string of the molecule is COCCNCC(=O)N1CCSC(C)C1c1ccccc1. The molecule has 1 aliphatic rings. The summed E-state index contributed by atoms with van der Waals surface area (Å²) in [7, 11) is 1.67. The van der Waals surface area contributed by atoms with E-state index in [0.29, 0.717) is 24.9 Å². The second kappa shape index (κ2) is 8.41. The highest BCUT2D eigenvalue weighted by Crippen LogP contribution is 2.35. The standard InChI is InChI=1S/C16H24N2O2S/c1-13-16(14-6-4-3-5-7-14)18(9-11-21-13)15(19)12-17-8-10-20-2/h3-7,13,16-17H,8-12H2,1-2H3. The predicted octanol–water partition coefficient (Wildman–Crippen LogP) is 1.93. The molecule has 0 bridgehead atoms. The Kier molecular flexibility index (Phi) is 6.54. The first-order chi connectivity index (χ1) is 10.2. The summed E-state index contributed by atoms with van der Waals surface area (Å²) in [5.74, 6) is 1.18. The highest BCUT2D eigenvalue weighted by Gasteiger charge is 2.32. The molecule has 21 heavy (non-hydrogen) atoms. The molecular weight excluding hydrogens is 284 g/mol. The Morgan fingerprint density at radius 3 is 2.90 bits per heavy atom. The Balaban J connectivity index is 2.02. The number of carbonyl (C=O) groups is 1. The van der Waals surface area contributed by atoms with Crippen LogP contribution in [-0.2, 0) is 9.53 Å². The van der Waals surface area contributed by atoms with E-state index in [2.05, 4.69) is 24.4 Å². The highest BCUT2D eigenvalue weighted by atomic mass is 32.2. The van der Waals surface area contributed by atoms with E-state index in [9.17, 15) is 4.79 Å². The largest absolute Gasteiger partial charge is 0.383 e. The molecule has 1 aromatic rings. The molecule has 4 nitrogen and oxygen atoms in total. The first-order valence-corrected chi connectivity index (χ1v) is 8.44. The van der Waals surface area contributed by atoms with E-state index in [1.807, 2.05) is 34.9 Å². The first kappa shape index (κ1) is 16.3. The van der Waals surface area contributed by atoms with Crippen LogP contribution in [-0.4, -0.2) is 55.2 Å². The second-order valence-corrected chi connectivity index (χ2v) is 6.67. The normalized spacial score (nSPS) is 22.3. The molecule has 1 N–H and O–H groups in total. The average molecular weight is 308 g/mol. The molecule has 1 amide bonds. The molecule has 0 aromatic heterocycles. The van der Waals surface area contributed by atoms with Gasteiger partial charge in [0.05, 0.1) is 19.2 Å². The van der Waals surface area contributed by atoms with Gasteiger partial charge in [0.15, 0.2) is 0 Å². The molecule has 0 aliphatic carbocycles. The van der Waals surface area contributed by atoms with Gasteiger partial charge < -0.3 is 15.0 Å². The number of carbonyl (C=O) groups excluding carboxylic acids is 1. The van der Waals surface area contributed by atoms with E-state index in [1.165, 1.54) is 5.56 Å². The zero-order valence-electron chi connectivity index (χ0n) is 12.7. The summed E-state index contributed by atoms with van der Waals surface area (Å²) in [5, 5.41) is 3.57. The fourth-order valence-corrected chi connectivity index (χ4v) is 3.83. The van der Waals surface area contributed by atoms with Gasteiger partial charge in [0.1, 0.15) is 0 Å². The van der Waals surface area contributed by atoms with Crippen molar-refractivity contribution in [2.24, 2.45) is 0 Å². The summed E-state index contributed by atoms with van der Waals surface area (Å²) in [4.78, 5) is 14.5. The van der Waals surface area contributed by atoms with E-state index in [4.69, 9.17) is 4.74 Å². The predicted molar refractivity (Wildman–Crippen MR) is 87.6 cm³/mol. The van der Waals surface area contributed by atoms with Gasteiger partial charge >= 0.3 is 0 Å². The van der Waals surface area contributed by atoms with Crippen molar-refractivity contribution in [1.82, 2.24) is 10.2 Å². The monoisotopic (exact) mass is 308 g/mol. The Hall–Kier alpha value is -1.04. The minimum absolute atomic E-state index is 0.168. The molecule has 1 saturated heterocycles. The van der Waals surface area contributed by atoms with Crippen LogP contribution in [0.5, 0.6) is 0 Å².